The zero-order chi connectivity index (χ0) is 9.68. The summed E-state index contributed by atoms with van der Waals surface area (Å²) in [5, 5.41) is 3.26. The summed E-state index contributed by atoms with van der Waals surface area (Å²) >= 11 is 0. The van der Waals surface area contributed by atoms with Crippen molar-refractivity contribution in [3.63, 3.8) is 0 Å². The molecule has 0 aromatic heterocycles. The third-order valence-electron chi connectivity index (χ3n) is 2.70. The quantitative estimate of drug-likeness (QED) is 0.694. The molecule has 0 aromatic carbocycles. The van der Waals surface area contributed by atoms with Crippen molar-refractivity contribution in [3.05, 3.63) is 0 Å². The Morgan fingerprint density at radius 1 is 1.31 bits per heavy atom. The van der Waals surface area contributed by atoms with E-state index in [0.717, 1.165) is 32.8 Å². The minimum atomic E-state index is 0.661. The van der Waals surface area contributed by atoms with E-state index in [0.29, 0.717) is 12.0 Å². The van der Waals surface area contributed by atoms with Crippen LogP contribution in [0.3, 0.4) is 0 Å². The fraction of sp³-hybridized carbons (Fsp3) is 1.00. The summed E-state index contributed by atoms with van der Waals surface area (Å²) in [5.74, 6) is 0.713. The van der Waals surface area contributed by atoms with Gasteiger partial charge in [-0.3, -0.25) is 4.90 Å². The Morgan fingerprint density at radius 2 is 1.92 bits per heavy atom. The maximum Gasteiger partial charge on any atom is 0.0594 e. The van der Waals surface area contributed by atoms with Crippen LogP contribution in [0, 0.1) is 5.92 Å². The van der Waals surface area contributed by atoms with Crippen LogP contribution in [0.15, 0.2) is 0 Å². The molecule has 1 fully saturated rings. The van der Waals surface area contributed by atoms with Crippen molar-refractivity contribution in [1.29, 1.82) is 0 Å². The minimum Gasteiger partial charge on any atom is -0.379 e. The fourth-order valence-electron chi connectivity index (χ4n) is 1.90. The number of hydrogen-bond acceptors (Lipinski definition) is 3. The van der Waals surface area contributed by atoms with Gasteiger partial charge in [-0.1, -0.05) is 13.8 Å². The van der Waals surface area contributed by atoms with E-state index in [4.69, 9.17) is 4.74 Å². The first-order valence-electron chi connectivity index (χ1n) is 5.22. The second-order valence-electron chi connectivity index (χ2n) is 4.02. The number of likely N-dealkylation sites (N-methyl/N-ethyl adjacent to an activating group) is 1. The monoisotopic (exact) mass is 186 g/mol. The van der Waals surface area contributed by atoms with Crippen LogP contribution in [-0.2, 0) is 4.74 Å². The molecule has 1 heterocycles. The molecular weight excluding hydrogens is 164 g/mol. The van der Waals surface area contributed by atoms with Crippen molar-refractivity contribution >= 4 is 0 Å². The zero-order valence-electron chi connectivity index (χ0n) is 9.05. The largest absolute Gasteiger partial charge is 0.379 e. The van der Waals surface area contributed by atoms with E-state index in [1.54, 1.807) is 0 Å². The number of rotatable bonds is 4. The second kappa shape index (κ2) is 5.58. The van der Waals surface area contributed by atoms with Crippen LogP contribution in [-0.4, -0.2) is 50.8 Å². The van der Waals surface area contributed by atoms with Gasteiger partial charge < -0.3 is 10.1 Å². The topological polar surface area (TPSA) is 24.5 Å². The van der Waals surface area contributed by atoms with E-state index in [9.17, 15) is 0 Å². The van der Waals surface area contributed by atoms with Crippen molar-refractivity contribution in [2.45, 2.75) is 19.9 Å². The van der Waals surface area contributed by atoms with Gasteiger partial charge in [0.1, 0.15) is 0 Å². The van der Waals surface area contributed by atoms with Gasteiger partial charge >= 0.3 is 0 Å². The first-order valence-corrected chi connectivity index (χ1v) is 5.22. The Hall–Kier alpha value is -0.120. The summed E-state index contributed by atoms with van der Waals surface area (Å²) in [6, 6.07) is 0.661. The van der Waals surface area contributed by atoms with Crippen molar-refractivity contribution in [2.24, 2.45) is 5.92 Å². The molecule has 3 heteroatoms. The molecule has 1 aliphatic rings. The van der Waals surface area contributed by atoms with Gasteiger partial charge in [-0.25, -0.2) is 0 Å². The first kappa shape index (κ1) is 11.0. The number of ether oxygens (including phenoxy) is 1. The molecule has 3 nitrogen and oxygen atoms in total. The Bertz CT molecular complexity index is 133. The average Bonchev–Trinajstić information content (AvgIpc) is 2.15. The van der Waals surface area contributed by atoms with E-state index in [2.05, 4.69) is 24.1 Å². The lowest BCUT2D eigenvalue weighted by Gasteiger charge is -2.36. The molecule has 1 rings (SSSR count). The van der Waals surface area contributed by atoms with Gasteiger partial charge in [0.2, 0.25) is 0 Å². The summed E-state index contributed by atoms with van der Waals surface area (Å²) in [7, 11) is 2.02. The van der Waals surface area contributed by atoms with Gasteiger partial charge in [0.05, 0.1) is 13.2 Å². The van der Waals surface area contributed by atoms with Gasteiger partial charge in [0.15, 0.2) is 0 Å². The molecule has 78 valence electrons. The molecule has 1 atom stereocenters. The Labute approximate surface area is 81.4 Å². The van der Waals surface area contributed by atoms with Gasteiger partial charge in [-0.2, -0.15) is 0 Å². The average molecular weight is 186 g/mol. The van der Waals surface area contributed by atoms with Gasteiger partial charge in [0.25, 0.3) is 0 Å². The predicted octanol–water partition coefficient (Wildman–Crippen LogP) is 0.563. The van der Waals surface area contributed by atoms with Crippen LogP contribution in [0.4, 0.5) is 0 Å². The van der Waals surface area contributed by atoms with E-state index in [-0.39, 0.29) is 0 Å². The lowest BCUT2D eigenvalue weighted by Crippen LogP contribution is -2.49. The Kier molecular flexibility index (Phi) is 4.70. The molecule has 0 amide bonds. The smallest absolute Gasteiger partial charge is 0.0594 e. The number of nitrogens with zero attached hydrogens (tertiary/aromatic N) is 1. The van der Waals surface area contributed by atoms with Crippen molar-refractivity contribution in [1.82, 2.24) is 10.2 Å². The maximum atomic E-state index is 5.35. The van der Waals surface area contributed by atoms with Crippen LogP contribution in [0.25, 0.3) is 0 Å². The third kappa shape index (κ3) is 3.25. The number of morpholine rings is 1. The summed E-state index contributed by atoms with van der Waals surface area (Å²) < 4.78 is 5.35. The molecule has 1 unspecified atom stereocenters. The molecule has 13 heavy (non-hydrogen) atoms. The highest BCUT2D eigenvalue weighted by Gasteiger charge is 2.22. The van der Waals surface area contributed by atoms with E-state index in [1.165, 1.54) is 0 Å². The third-order valence-corrected chi connectivity index (χ3v) is 2.70. The highest BCUT2D eigenvalue weighted by molar-refractivity contribution is 4.78. The van der Waals surface area contributed by atoms with E-state index < -0.39 is 0 Å². The Morgan fingerprint density at radius 3 is 2.38 bits per heavy atom. The number of nitrogens with one attached hydrogen (secondary N) is 1. The molecule has 1 aliphatic heterocycles. The molecule has 1 saturated heterocycles. The van der Waals surface area contributed by atoms with Gasteiger partial charge in [-0.15, -0.1) is 0 Å². The summed E-state index contributed by atoms with van der Waals surface area (Å²) in [4.78, 5) is 2.53. The molecule has 0 aromatic rings. The highest BCUT2D eigenvalue weighted by atomic mass is 16.5. The van der Waals surface area contributed by atoms with Crippen molar-refractivity contribution in [3.8, 4) is 0 Å². The van der Waals surface area contributed by atoms with Crippen LogP contribution in [0.2, 0.25) is 0 Å². The van der Waals surface area contributed by atoms with Crippen molar-refractivity contribution in [2.75, 3.05) is 39.9 Å². The predicted molar refractivity (Wildman–Crippen MR) is 54.9 cm³/mol. The molecular formula is C10H22N2O. The van der Waals surface area contributed by atoms with Crippen LogP contribution >= 0.6 is 0 Å². The van der Waals surface area contributed by atoms with Crippen LogP contribution in [0.5, 0.6) is 0 Å². The normalized spacial score (nSPS) is 22.2. The lowest BCUT2D eigenvalue weighted by atomic mass is 10.0. The fourth-order valence-corrected chi connectivity index (χ4v) is 1.90. The summed E-state index contributed by atoms with van der Waals surface area (Å²) in [6.07, 6.45) is 0. The minimum absolute atomic E-state index is 0.661. The molecule has 1 N–H and O–H groups in total. The van der Waals surface area contributed by atoms with Gasteiger partial charge in [-0.05, 0) is 13.0 Å². The van der Waals surface area contributed by atoms with E-state index >= 15 is 0 Å². The molecule has 0 aliphatic carbocycles. The Balaban J connectivity index is 2.41. The standard InChI is InChI=1S/C10H22N2O/c1-9(2)10(8-11-3)12-4-6-13-7-5-12/h9-11H,4-8H2,1-3H3. The lowest BCUT2D eigenvalue weighted by molar-refractivity contribution is 0.00698. The summed E-state index contributed by atoms with van der Waals surface area (Å²) in [5.41, 5.74) is 0. The van der Waals surface area contributed by atoms with Crippen LogP contribution in [0.1, 0.15) is 13.8 Å². The zero-order valence-corrected chi connectivity index (χ0v) is 9.05. The molecule has 0 radical (unpaired) electrons. The second-order valence-corrected chi connectivity index (χ2v) is 4.02. The SMILES string of the molecule is CNCC(C(C)C)N1CCOCC1. The molecule has 0 saturated carbocycles. The van der Waals surface area contributed by atoms with Crippen LogP contribution < -0.4 is 5.32 Å². The molecule has 0 bridgehead atoms. The number of hydrogen-bond donors (Lipinski definition) is 1. The van der Waals surface area contributed by atoms with Gasteiger partial charge in [0, 0.05) is 25.7 Å². The molecule has 0 spiro atoms. The summed E-state index contributed by atoms with van der Waals surface area (Å²) in [6.45, 7) is 9.63. The van der Waals surface area contributed by atoms with E-state index in [1.807, 2.05) is 7.05 Å². The first-order chi connectivity index (χ1) is 6.25. The van der Waals surface area contributed by atoms with Crippen molar-refractivity contribution < 1.29 is 4.74 Å². The highest BCUT2D eigenvalue weighted by Crippen LogP contribution is 2.11. The maximum absolute atomic E-state index is 5.35.